The molecule has 2 rings (SSSR count). The maximum atomic E-state index is 5.76. The predicted molar refractivity (Wildman–Crippen MR) is 57.4 cm³/mol. The van der Waals surface area contributed by atoms with Gasteiger partial charge < -0.3 is 4.98 Å². The highest BCUT2D eigenvalue weighted by atomic mass is 35.5. The van der Waals surface area contributed by atoms with Crippen LogP contribution >= 0.6 is 23.4 Å². The summed E-state index contributed by atoms with van der Waals surface area (Å²) >= 11 is 7.40. The highest BCUT2D eigenvalue weighted by Gasteiger charge is 1.98. The molecule has 5 heteroatoms. The van der Waals surface area contributed by atoms with Crippen molar-refractivity contribution in [3.63, 3.8) is 0 Å². The number of rotatable bonds is 3. The van der Waals surface area contributed by atoms with Gasteiger partial charge in [-0.2, -0.15) is 0 Å². The second-order valence-electron chi connectivity index (χ2n) is 2.67. The summed E-state index contributed by atoms with van der Waals surface area (Å²) < 4.78 is 0. The molecule has 0 amide bonds. The first-order valence-electron chi connectivity index (χ1n) is 4.07. The van der Waals surface area contributed by atoms with E-state index in [1.807, 2.05) is 18.3 Å². The molecule has 3 nitrogen and oxygen atoms in total. The SMILES string of the molecule is Clc1cc(CSc2ncc[nH]2)ccn1. The second-order valence-corrected chi connectivity index (χ2v) is 4.02. The topological polar surface area (TPSA) is 41.6 Å². The fourth-order valence-electron chi connectivity index (χ4n) is 1.01. The van der Waals surface area contributed by atoms with Crippen LogP contribution in [-0.4, -0.2) is 15.0 Å². The van der Waals surface area contributed by atoms with Gasteiger partial charge in [0.2, 0.25) is 0 Å². The van der Waals surface area contributed by atoms with Gasteiger partial charge in [0.25, 0.3) is 0 Å². The fraction of sp³-hybridized carbons (Fsp3) is 0.111. The predicted octanol–water partition coefficient (Wildman–Crippen LogP) is 2.75. The van der Waals surface area contributed by atoms with Crippen molar-refractivity contribution < 1.29 is 0 Å². The molecule has 2 heterocycles. The summed E-state index contributed by atoms with van der Waals surface area (Å²) in [5.74, 6) is 0.843. The van der Waals surface area contributed by atoms with Gasteiger partial charge in [-0.1, -0.05) is 23.4 Å². The Morgan fingerprint density at radius 3 is 3.00 bits per heavy atom. The molecule has 0 aliphatic carbocycles. The van der Waals surface area contributed by atoms with Crippen molar-refractivity contribution in [2.45, 2.75) is 10.9 Å². The zero-order valence-electron chi connectivity index (χ0n) is 7.27. The van der Waals surface area contributed by atoms with Crippen LogP contribution < -0.4 is 0 Å². The van der Waals surface area contributed by atoms with Gasteiger partial charge in [0, 0.05) is 24.3 Å². The van der Waals surface area contributed by atoms with E-state index in [1.54, 1.807) is 24.2 Å². The molecule has 0 bridgehead atoms. The summed E-state index contributed by atoms with van der Waals surface area (Å²) in [4.78, 5) is 11.1. The van der Waals surface area contributed by atoms with Crippen LogP contribution in [0.25, 0.3) is 0 Å². The van der Waals surface area contributed by atoms with Crippen LogP contribution in [0.3, 0.4) is 0 Å². The maximum Gasteiger partial charge on any atom is 0.165 e. The molecule has 0 saturated heterocycles. The Balaban J connectivity index is 1.98. The number of aromatic amines is 1. The first-order valence-corrected chi connectivity index (χ1v) is 5.43. The largest absolute Gasteiger partial charge is 0.340 e. The molecule has 0 spiro atoms. The fourth-order valence-corrected chi connectivity index (χ4v) is 1.98. The van der Waals surface area contributed by atoms with Gasteiger partial charge in [-0.25, -0.2) is 9.97 Å². The lowest BCUT2D eigenvalue weighted by Crippen LogP contribution is -1.83. The average molecular weight is 226 g/mol. The Labute approximate surface area is 90.9 Å². The summed E-state index contributed by atoms with van der Waals surface area (Å²) in [5.41, 5.74) is 1.14. The molecular formula is C9H8ClN3S. The van der Waals surface area contributed by atoms with Gasteiger partial charge in [-0.15, -0.1) is 0 Å². The summed E-state index contributed by atoms with van der Waals surface area (Å²) in [6.45, 7) is 0. The lowest BCUT2D eigenvalue weighted by Gasteiger charge is -1.98. The van der Waals surface area contributed by atoms with Gasteiger partial charge in [-0.3, -0.25) is 0 Å². The van der Waals surface area contributed by atoms with E-state index in [1.165, 1.54) is 0 Å². The van der Waals surface area contributed by atoms with E-state index in [2.05, 4.69) is 15.0 Å². The number of H-pyrrole nitrogens is 1. The van der Waals surface area contributed by atoms with E-state index in [-0.39, 0.29) is 0 Å². The summed E-state index contributed by atoms with van der Waals surface area (Å²) in [5, 5.41) is 1.44. The Kier molecular flexibility index (Phi) is 3.06. The lowest BCUT2D eigenvalue weighted by atomic mass is 10.3. The number of halogens is 1. The third-order valence-electron chi connectivity index (χ3n) is 1.64. The maximum absolute atomic E-state index is 5.76. The van der Waals surface area contributed by atoms with E-state index < -0.39 is 0 Å². The van der Waals surface area contributed by atoms with Crippen molar-refractivity contribution >= 4 is 23.4 Å². The molecule has 2 aromatic heterocycles. The minimum absolute atomic E-state index is 0.530. The van der Waals surface area contributed by atoms with Gasteiger partial charge in [0.05, 0.1) is 0 Å². The monoisotopic (exact) mass is 225 g/mol. The number of aromatic nitrogens is 3. The molecule has 0 radical (unpaired) electrons. The van der Waals surface area contributed by atoms with Crippen molar-refractivity contribution in [1.29, 1.82) is 0 Å². The first-order chi connectivity index (χ1) is 6.84. The Morgan fingerprint density at radius 2 is 2.29 bits per heavy atom. The number of pyridine rings is 1. The smallest absolute Gasteiger partial charge is 0.165 e. The minimum Gasteiger partial charge on any atom is -0.340 e. The van der Waals surface area contributed by atoms with Crippen LogP contribution in [-0.2, 0) is 5.75 Å². The van der Waals surface area contributed by atoms with Gasteiger partial charge in [0.1, 0.15) is 5.15 Å². The molecule has 0 aromatic carbocycles. The molecule has 0 fully saturated rings. The number of nitrogens with zero attached hydrogens (tertiary/aromatic N) is 2. The second kappa shape index (κ2) is 4.48. The van der Waals surface area contributed by atoms with E-state index in [0.717, 1.165) is 16.5 Å². The van der Waals surface area contributed by atoms with E-state index in [4.69, 9.17) is 11.6 Å². The molecule has 1 N–H and O–H groups in total. The van der Waals surface area contributed by atoms with Crippen LogP contribution in [0.15, 0.2) is 35.9 Å². The molecule has 2 aromatic rings. The third-order valence-corrected chi connectivity index (χ3v) is 2.82. The summed E-state index contributed by atoms with van der Waals surface area (Å²) in [7, 11) is 0. The molecular weight excluding hydrogens is 218 g/mol. The lowest BCUT2D eigenvalue weighted by molar-refractivity contribution is 1.06. The minimum atomic E-state index is 0.530. The zero-order chi connectivity index (χ0) is 9.80. The van der Waals surface area contributed by atoms with Crippen LogP contribution in [0.2, 0.25) is 5.15 Å². The van der Waals surface area contributed by atoms with Crippen LogP contribution in [0.1, 0.15) is 5.56 Å². The highest BCUT2D eigenvalue weighted by molar-refractivity contribution is 7.98. The molecule has 0 aliphatic heterocycles. The average Bonchev–Trinajstić information content (AvgIpc) is 2.67. The standard InChI is InChI=1S/C9H8ClN3S/c10-8-5-7(1-2-11-8)6-14-9-12-3-4-13-9/h1-5H,6H2,(H,12,13). The zero-order valence-corrected chi connectivity index (χ0v) is 8.85. The number of hydrogen-bond donors (Lipinski definition) is 1. The van der Waals surface area contributed by atoms with Crippen LogP contribution in [0.4, 0.5) is 0 Å². The van der Waals surface area contributed by atoms with E-state index in [0.29, 0.717) is 5.15 Å². The van der Waals surface area contributed by atoms with Gasteiger partial charge in [0.15, 0.2) is 5.16 Å². The number of imidazole rings is 1. The molecule has 0 unspecified atom stereocenters. The molecule has 0 saturated carbocycles. The Bertz CT molecular complexity index is 402. The third kappa shape index (κ3) is 2.49. The van der Waals surface area contributed by atoms with Crippen molar-refractivity contribution in [3.8, 4) is 0 Å². The van der Waals surface area contributed by atoms with Gasteiger partial charge >= 0.3 is 0 Å². The number of nitrogens with one attached hydrogen (secondary N) is 1. The van der Waals surface area contributed by atoms with E-state index >= 15 is 0 Å². The Morgan fingerprint density at radius 1 is 1.36 bits per heavy atom. The number of thioether (sulfide) groups is 1. The molecule has 0 atom stereocenters. The number of hydrogen-bond acceptors (Lipinski definition) is 3. The molecule has 14 heavy (non-hydrogen) atoms. The van der Waals surface area contributed by atoms with Crippen molar-refractivity contribution in [2.75, 3.05) is 0 Å². The van der Waals surface area contributed by atoms with Crippen molar-refractivity contribution in [1.82, 2.24) is 15.0 Å². The molecule has 0 aliphatic rings. The summed E-state index contributed by atoms with van der Waals surface area (Å²) in [6.07, 6.45) is 5.25. The van der Waals surface area contributed by atoms with Crippen LogP contribution in [0.5, 0.6) is 0 Å². The first kappa shape index (κ1) is 9.55. The highest BCUT2D eigenvalue weighted by Crippen LogP contribution is 2.19. The van der Waals surface area contributed by atoms with Crippen molar-refractivity contribution in [2.24, 2.45) is 0 Å². The quantitative estimate of drug-likeness (QED) is 0.645. The molecule has 72 valence electrons. The normalized spacial score (nSPS) is 10.4. The van der Waals surface area contributed by atoms with E-state index in [9.17, 15) is 0 Å². The Hall–Kier alpha value is -1.00. The van der Waals surface area contributed by atoms with Crippen LogP contribution in [0, 0.1) is 0 Å². The summed E-state index contributed by atoms with van der Waals surface area (Å²) in [6, 6.07) is 3.80. The van der Waals surface area contributed by atoms with Gasteiger partial charge in [-0.05, 0) is 17.7 Å². The van der Waals surface area contributed by atoms with Crippen molar-refractivity contribution in [3.05, 3.63) is 41.4 Å².